The largest absolute Gasteiger partial charge is 0.480 e. The van der Waals surface area contributed by atoms with Crippen molar-refractivity contribution in [2.45, 2.75) is 18.9 Å². The van der Waals surface area contributed by atoms with Crippen LogP contribution in [0, 0.1) is 0 Å². The third kappa shape index (κ3) is 1.65. The summed E-state index contributed by atoms with van der Waals surface area (Å²) in [6.45, 7) is 1.07. The number of ether oxygens (including phenoxy) is 1. The first-order valence-corrected chi connectivity index (χ1v) is 4.85. The monoisotopic (exact) mass is 193 g/mol. The molecule has 0 aliphatic carbocycles. The predicted molar refractivity (Wildman–Crippen MR) is 55.2 cm³/mol. The molecule has 4 nitrogen and oxygen atoms in total. The number of rotatable bonds is 2. The number of methoxy groups -OCH3 is 1. The molecule has 2 rings (SSSR count). The molecule has 1 aliphatic heterocycles. The third-order valence-corrected chi connectivity index (χ3v) is 2.52. The van der Waals surface area contributed by atoms with Crippen LogP contribution in [0.15, 0.2) is 12.1 Å². The minimum absolute atomic E-state index is 0.365. The lowest BCUT2D eigenvalue weighted by Gasteiger charge is -2.11. The summed E-state index contributed by atoms with van der Waals surface area (Å²) >= 11 is 0. The van der Waals surface area contributed by atoms with Crippen LogP contribution >= 0.6 is 0 Å². The summed E-state index contributed by atoms with van der Waals surface area (Å²) in [5.74, 6) is 0.524. The Morgan fingerprint density at radius 3 is 3.07 bits per heavy atom. The number of hydrogen-bond acceptors (Lipinski definition) is 4. The average Bonchev–Trinajstić information content (AvgIpc) is 2.71. The van der Waals surface area contributed by atoms with E-state index in [2.05, 4.69) is 10.3 Å². The second-order valence-electron chi connectivity index (χ2n) is 3.48. The van der Waals surface area contributed by atoms with Gasteiger partial charge in [-0.25, -0.2) is 4.98 Å². The molecule has 0 saturated carbocycles. The van der Waals surface area contributed by atoms with Gasteiger partial charge in [0.25, 0.3) is 0 Å². The van der Waals surface area contributed by atoms with E-state index >= 15 is 0 Å². The van der Waals surface area contributed by atoms with Crippen LogP contribution in [0.2, 0.25) is 0 Å². The summed E-state index contributed by atoms with van der Waals surface area (Å²) in [5.41, 5.74) is 7.30. The molecule has 0 aromatic carbocycles. The topological polar surface area (TPSA) is 60.2 Å². The molecule has 14 heavy (non-hydrogen) atoms. The van der Waals surface area contributed by atoms with Crippen molar-refractivity contribution in [3.8, 4) is 5.88 Å². The van der Waals surface area contributed by atoms with Crippen molar-refractivity contribution in [3.63, 3.8) is 0 Å². The van der Waals surface area contributed by atoms with E-state index in [0.717, 1.165) is 18.7 Å². The number of pyridine rings is 1. The van der Waals surface area contributed by atoms with Crippen LogP contribution in [0.4, 0.5) is 5.69 Å². The quantitative estimate of drug-likeness (QED) is 0.738. The fraction of sp³-hybridized carbons (Fsp3) is 0.500. The molecule has 1 saturated heterocycles. The molecule has 2 heterocycles. The first kappa shape index (κ1) is 9.27. The summed E-state index contributed by atoms with van der Waals surface area (Å²) in [5, 5.41) is 3.38. The van der Waals surface area contributed by atoms with E-state index in [0.29, 0.717) is 17.6 Å². The van der Waals surface area contributed by atoms with Gasteiger partial charge in [-0.1, -0.05) is 0 Å². The maximum atomic E-state index is 5.69. The molecule has 0 bridgehead atoms. The van der Waals surface area contributed by atoms with E-state index in [9.17, 15) is 0 Å². The van der Waals surface area contributed by atoms with Crippen LogP contribution < -0.4 is 15.8 Å². The molecule has 0 radical (unpaired) electrons. The van der Waals surface area contributed by atoms with E-state index in [1.807, 2.05) is 12.1 Å². The summed E-state index contributed by atoms with van der Waals surface area (Å²) < 4.78 is 5.08. The Kier molecular flexibility index (Phi) is 2.54. The van der Waals surface area contributed by atoms with Gasteiger partial charge in [-0.2, -0.15) is 0 Å². The third-order valence-electron chi connectivity index (χ3n) is 2.52. The Balaban J connectivity index is 2.25. The molecule has 1 atom stereocenters. The Labute approximate surface area is 83.5 Å². The first-order valence-electron chi connectivity index (χ1n) is 4.85. The maximum absolute atomic E-state index is 5.69. The number of anilines is 1. The fourth-order valence-electron chi connectivity index (χ4n) is 1.76. The molecule has 0 spiro atoms. The second kappa shape index (κ2) is 3.84. The first-order chi connectivity index (χ1) is 6.81. The van der Waals surface area contributed by atoms with Crippen molar-refractivity contribution < 1.29 is 4.74 Å². The van der Waals surface area contributed by atoms with Gasteiger partial charge in [0.15, 0.2) is 0 Å². The van der Waals surface area contributed by atoms with Gasteiger partial charge >= 0.3 is 0 Å². The van der Waals surface area contributed by atoms with Crippen molar-refractivity contribution >= 4 is 5.69 Å². The summed E-state index contributed by atoms with van der Waals surface area (Å²) in [4.78, 5) is 4.36. The van der Waals surface area contributed by atoms with Gasteiger partial charge in [0, 0.05) is 6.04 Å². The molecule has 1 aromatic heterocycles. The second-order valence-corrected chi connectivity index (χ2v) is 3.48. The molecule has 4 heteroatoms. The maximum Gasteiger partial charge on any atom is 0.237 e. The number of nitrogen functional groups attached to an aromatic ring is 1. The van der Waals surface area contributed by atoms with E-state index in [4.69, 9.17) is 10.5 Å². The molecule has 1 aromatic rings. The SMILES string of the molecule is COc1nc(C2CCCN2)ccc1N. The normalized spacial score (nSPS) is 21.1. The van der Waals surface area contributed by atoms with Gasteiger partial charge in [-0.15, -0.1) is 0 Å². The molecule has 76 valence electrons. The lowest BCUT2D eigenvalue weighted by molar-refractivity contribution is 0.396. The minimum atomic E-state index is 0.365. The fourth-order valence-corrected chi connectivity index (χ4v) is 1.76. The van der Waals surface area contributed by atoms with Gasteiger partial charge in [-0.05, 0) is 31.5 Å². The molecule has 1 fully saturated rings. The Morgan fingerprint density at radius 2 is 2.43 bits per heavy atom. The highest BCUT2D eigenvalue weighted by atomic mass is 16.5. The molecular formula is C10H15N3O. The van der Waals surface area contributed by atoms with E-state index in [-0.39, 0.29) is 0 Å². The van der Waals surface area contributed by atoms with Gasteiger partial charge in [0.1, 0.15) is 0 Å². The minimum Gasteiger partial charge on any atom is -0.480 e. The summed E-state index contributed by atoms with van der Waals surface area (Å²) in [6.07, 6.45) is 2.35. The highest BCUT2D eigenvalue weighted by molar-refractivity contribution is 5.48. The van der Waals surface area contributed by atoms with Crippen LogP contribution in [0.3, 0.4) is 0 Å². The zero-order chi connectivity index (χ0) is 9.97. The van der Waals surface area contributed by atoms with E-state index in [1.54, 1.807) is 7.11 Å². The van der Waals surface area contributed by atoms with Gasteiger partial charge in [0.2, 0.25) is 5.88 Å². The zero-order valence-electron chi connectivity index (χ0n) is 8.29. The van der Waals surface area contributed by atoms with Gasteiger partial charge in [0.05, 0.1) is 18.5 Å². The lowest BCUT2D eigenvalue weighted by Crippen LogP contribution is -2.14. The standard InChI is InChI=1S/C10H15N3O/c1-14-10-7(11)4-5-9(13-10)8-3-2-6-12-8/h4-5,8,12H,2-3,6,11H2,1H3. The molecular weight excluding hydrogens is 178 g/mol. The van der Waals surface area contributed by atoms with Crippen LogP contribution in [0.25, 0.3) is 0 Å². The summed E-state index contributed by atoms with van der Waals surface area (Å²) in [7, 11) is 1.59. The zero-order valence-corrected chi connectivity index (χ0v) is 8.29. The van der Waals surface area contributed by atoms with Crippen LogP contribution in [0.5, 0.6) is 5.88 Å². The van der Waals surface area contributed by atoms with Gasteiger partial charge < -0.3 is 15.8 Å². The highest BCUT2D eigenvalue weighted by Gasteiger charge is 2.18. The molecule has 1 unspecified atom stereocenters. The van der Waals surface area contributed by atoms with E-state index < -0.39 is 0 Å². The smallest absolute Gasteiger partial charge is 0.237 e. The van der Waals surface area contributed by atoms with Gasteiger partial charge in [-0.3, -0.25) is 0 Å². The van der Waals surface area contributed by atoms with Crippen molar-refractivity contribution in [2.24, 2.45) is 0 Å². The van der Waals surface area contributed by atoms with Crippen LogP contribution in [0.1, 0.15) is 24.6 Å². The number of nitrogens with zero attached hydrogens (tertiary/aromatic N) is 1. The number of aromatic nitrogens is 1. The number of nitrogens with two attached hydrogens (primary N) is 1. The number of nitrogens with one attached hydrogen (secondary N) is 1. The highest BCUT2D eigenvalue weighted by Crippen LogP contribution is 2.25. The van der Waals surface area contributed by atoms with Crippen LogP contribution in [-0.2, 0) is 0 Å². The van der Waals surface area contributed by atoms with Crippen molar-refractivity contribution in [1.29, 1.82) is 0 Å². The average molecular weight is 193 g/mol. The van der Waals surface area contributed by atoms with Crippen LogP contribution in [-0.4, -0.2) is 18.6 Å². The molecule has 3 N–H and O–H groups in total. The lowest BCUT2D eigenvalue weighted by atomic mass is 10.1. The van der Waals surface area contributed by atoms with Crippen molar-refractivity contribution in [3.05, 3.63) is 17.8 Å². The Hall–Kier alpha value is -1.29. The van der Waals surface area contributed by atoms with Crippen molar-refractivity contribution in [2.75, 3.05) is 19.4 Å². The Bertz CT molecular complexity index is 321. The summed E-state index contributed by atoms with van der Waals surface area (Å²) in [6, 6.07) is 4.17. The predicted octanol–water partition coefficient (Wildman–Crippen LogP) is 1.10. The Morgan fingerprint density at radius 1 is 1.57 bits per heavy atom. The van der Waals surface area contributed by atoms with Crippen molar-refractivity contribution in [1.82, 2.24) is 10.3 Å². The number of hydrogen-bond donors (Lipinski definition) is 2. The molecule has 0 amide bonds. The molecule has 1 aliphatic rings. The van der Waals surface area contributed by atoms with E-state index in [1.165, 1.54) is 6.42 Å².